The molecular formula is C18H28FN. The van der Waals surface area contributed by atoms with Gasteiger partial charge in [-0.05, 0) is 54.7 Å². The molecule has 0 amide bonds. The van der Waals surface area contributed by atoms with E-state index in [-0.39, 0.29) is 11.9 Å². The molecule has 1 fully saturated rings. The van der Waals surface area contributed by atoms with Crippen LogP contribution in [0, 0.1) is 16.6 Å². The van der Waals surface area contributed by atoms with Crippen molar-refractivity contribution < 1.29 is 4.39 Å². The molecule has 1 aromatic carbocycles. The van der Waals surface area contributed by atoms with E-state index in [1.165, 1.54) is 25.3 Å². The molecule has 1 nitrogen and oxygen atoms in total. The maximum atomic E-state index is 13.3. The molecule has 0 unspecified atom stereocenters. The second-order valence-electron chi connectivity index (χ2n) is 8.05. The summed E-state index contributed by atoms with van der Waals surface area (Å²) in [6.45, 7) is 11.6. The van der Waals surface area contributed by atoms with E-state index < -0.39 is 0 Å². The minimum absolute atomic E-state index is 0.152. The largest absolute Gasteiger partial charge is 0.307 e. The number of rotatable bonds is 3. The maximum Gasteiger partial charge on any atom is 0.123 e. The van der Waals surface area contributed by atoms with Crippen LogP contribution in [0.15, 0.2) is 24.3 Å². The van der Waals surface area contributed by atoms with Crippen LogP contribution < -0.4 is 5.32 Å². The third-order valence-corrected chi connectivity index (χ3v) is 4.39. The van der Waals surface area contributed by atoms with Crippen molar-refractivity contribution in [2.75, 3.05) is 0 Å². The average Bonchev–Trinajstić information content (AvgIpc) is 2.24. The first-order valence-electron chi connectivity index (χ1n) is 7.68. The summed E-state index contributed by atoms with van der Waals surface area (Å²) in [6, 6.07) is 7.63. The molecule has 20 heavy (non-hydrogen) atoms. The predicted molar refractivity (Wildman–Crippen MR) is 83.2 cm³/mol. The van der Waals surface area contributed by atoms with Crippen LogP contribution >= 0.6 is 0 Å². The predicted octanol–water partition coefficient (Wildman–Crippen LogP) is 5.08. The summed E-state index contributed by atoms with van der Waals surface area (Å²) in [7, 11) is 0. The Labute approximate surface area is 123 Å². The highest BCUT2D eigenvalue weighted by Crippen LogP contribution is 2.46. The van der Waals surface area contributed by atoms with E-state index in [2.05, 4.69) is 39.9 Å². The molecule has 112 valence electrons. The van der Waals surface area contributed by atoms with Gasteiger partial charge in [-0.3, -0.25) is 0 Å². The average molecular weight is 277 g/mol. The molecule has 1 saturated carbocycles. The fraction of sp³-hybridized carbons (Fsp3) is 0.667. The van der Waals surface area contributed by atoms with Crippen molar-refractivity contribution in [1.82, 2.24) is 5.32 Å². The lowest BCUT2D eigenvalue weighted by molar-refractivity contribution is 0.0811. The Morgan fingerprint density at radius 1 is 1.15 bits per heavy atom. The summed E-state index contributed by atoms with van der Waals surface area (Å²) in [6.07, 6.45) is 3.65. The quantitative estimate of drug-likeness (QED) is 0.812. The Morgan fingerprint density at radius 3 is 2.30 bits per heavy atom. The van der Waals surface area contributed by atoms with Gasteiger partial charge in [0.2, 0.25) is 0 Å². The smallest absolute Gasteiger partial charge is 0.123 e. The highest BCUT2D eigenvalue weighted by atomic mass is 19.1. The highest BCUT2D eigenvalue weighted by Gasteiger charge is 2.38. The molecule has 1 aliphatic rings. The number of halogens is 1. The van der Waals surface area contributed by atoms with Crippen LogP contribution in [0.2, 0.25) is 0 Å². The van der Waals surface area contributed by atoms with Crippen molar-refractivity contribution in [2.45, 2.75) is 66.0 Å². The minimum atomic E-state index is -0.152. The zero-order valence-corrected chi connectivity index (χ0v) is 13.5. The zero-order chi connectivity index (χ0) is 15.0. The first kappa shape index (κ1) is 15.5. The Balaban J connectivity index is 2.05. The number of hydrogen-bond donors (Lipinski definition) is 1. The molecule has 1 aromatic rings. The van der Waals surface area contributed by atoms with Crippen molar-refractivity contribution in [1.29, 1.82) is 0 Å². The van der Waals surface area contributed by atoms with Crippen molar-refractivity contribution >= 4 is 0 Å². The van der Waals surface area contributed by atoms with Crippen LogP contribution in [0.5, 0.6) is 0 Å². The van der Waals surface area contributed by atoms with Crippen molar-refractivity contribution in [2.24, 2.45) is 10.8 Å². The molecular weight excluding hydrogens is 249 g/mol. The summed E-state index contributed by atoms with van der Waals surface area (Å²) in [5.41, 5.74) is 1.79. The van der Waals surface area contributed by atoms with Gasteiger partial charge in [0.1, 0.15) is 5.82 Å². The summed E-state index contributed by atoms with van der Waals surface area (Å²) < 4.78 is 13.3. The summed E-state index contributed by atoms with van der Waals surface area (Å²) >= 11 is 0. The fourth-order valence-electron chi connectivity index (χ4n) is 4.19. The molecule has 0 saturated heterocycles. The van der Waals surface area contributed by atoms with E-state index in [4.69, 9.17) is 0 Å². The molecule has 1 N–H and O–H groups in total. The van der Waals surface area contributed by atoms with Gasteiger partial charge in [-0.25, -0.2) is 4.39 Å². The lowest BCUT2D eigenvalue weighted by Crippen LogP contribution is -2.44. The van der Waals surface area contributed by atoms with Gasteiger partial charge in [0, 0.05) is 12.1 Å². The van der Waals surface area contributed by atoms with Crippen LogP contribution in [0.4, 0.5) is 4.39 Å². The Morgan fingerprint density at radius 2 is 1.75 bits per heavy atom. The first-order valence-corrected chi connectivity index (χ1v) is 7.68. The topological polar surface area (TPSA) is 12.0 Å². The van der Waals surface area contributed by atoms with Crippen molar-refractivity contribution in [3.8, 4) is 0 Å². The fourth-order valence-corrected chi connectivity index (χ4v) is 4.19. The van der Waals surface area contributed by atoms with Crippen LogP contribution in [0.25, 0.3) is 0 Å². The SMILES string of the molecule is C[C@H](NC1CC(C)(C)CC(C)(C)C1)c1cccc(F)c1. The van der Waals surface area contributed by atoms with E-state index in [0.717, 1.165) is 5.56 Å². The molecule has 0 aromatic heterocycles. The Bertz CT molecular complexity index is 448. The number of benzene rings is 1. The van der Waals surface area contributed by atoms with Gasteiger partial charge in [-0.15, -0.1) is 0 Å². The number of hydrogen-bond acceptors (Lipinski definition) is 1. The Hall–Kier alpha value is -0.890. The highest BCUT2D eigenvalue weighted by molar-refractivity contribution is 5.19. The monoisotopic (exact) mass is 277 g/mol. The van der Waals surface area contributed by atoms with Gasteiger partial charge in [0.25, 0.3) is 0 Å². The zero-order valence-electron chi connectivity index (χ0n) is 13.5. The molecule has 0 aliphatic heterocycles. The Kier molecular flexibility index (Phi) is 4.24. The van der Waals surface area contributed by atoms with E-state index in [0.29, 0.717) is 16.9 Å². The van der Waals surface area contributed by atoms with Crippen molar-refractivity contribution in [3.05, 3.63) is 35.6 Å². The molecule has 0 heterocycles. The second-order valence-corrected chi connectivity index (χ2v) is 8.05. The summed E-state index contributed by atoms with van der Waals surface area (Å²) in [4.78, 5) is 0. The lowest BCUT2D eigenvalue weighted by atomic mass is 9.63. The normalized spacial score (nSPS) is 23.5. The molecule has 0 bridgehead atoms. The molecule has 2 heteroatoms. The van der Waals surface area contributed by atoms with Gasteiger partial charge >= 0.3 is 0 Å². The molecule has 1 aliphatic carbocycles. The van der Waals surface area contributed by atoms with Gasteiger partial charge in [-0.2, -0.15) is 0 Å². The standard InChI is InChI=1S/C18H28FN/c1-13(14-7-6-8-15(19)9-14)20-16-10-17(2,3)12-18(4,5)11-16/h6-9,13,16,20H,10-12H2,1-5H3/t13-/m0/s1. The number of nitrogens with one attached hydrogen (secondary N) is 1. The van der Waals surface area contributed by atoms with Crippen LogP contribution in [-0.2, 0) is 0 Å². The van der Waals surface area contributed by atoms with Gasteiger partial charge in [-0.1, -0.05) is 39.8 Å². The second kappa shape index (κ2) is 5.48. The molecule has 0 radical (unpaired) electrons. The molecule has 1 atom stereocenters. The van der Waals surface area contributed by atoms with Crippen LogP contribution in [-0.4, -0.2) is 6.04 Å². The van der Waals surface area contributed by atoms with Crippen LogP contribution in [0.3, 0.4) is 0 Å². The first-order chi connectivity index (χ1) is 9.17. The van der Waals surface area contributed by atoms with Crippen LogP contribution in [0.1, 0.15) is 65.5 Å². The van der Waals surface area contributed by atoms with E-state index >= 15 is 0 Å². The molecule has 0 spiro atoms. The molecule has 2 rings (SSSR count). The van der Waals surface area contributed by atoms with E-state index in [1.54, 1.807) is 12.1 Å². The van der Waals surface area contributed by atoms with Gasteiger partial charge in [0.15, 0.2) is 0 Å². The summed E-state index contributed by atoms with van der Waals surface area (Å²) in [5, 5.41) is 3.71. The minimum Gasteiger partial charge on any atom is -0.307 e. The van der Waals surface area contributed by atoms with Crippen molar-refractivity contribution in [3.63, 3.8) is 0 Å². The van der Waals surface area contributed by atoms with Gasteiger partial charge in [0.05, 0.1) is 0 Å². The maximum absolute atomic E-state index is 13.3. The van der Waals surface area contributed by atoms with E-state index in [9.17, 15) is 4.39 Å². The van der Waals surface area contributed by atoms with Gasteiger partial charge < -0.3 is 5.32 Å². The van der Waals surface area contributed by atoms with E-state index in [1.807, 2.05) is 6.07 Å². The summed E-state index contributed by atoms with van der Waals surface area (Å²) in [5.74, 6) is -0.152. The third kappa shape index (κ3) is 4.05. The third-order valence-electron chi connectivity index (χ3n) is 4.39. The lowest BCUT2D eigenvalue weighted by Gasteiger charge is -2.46.